The fraction of sp³-hybridized carbons (Fsp3) is 0.348. The standard InChI is InChI=1S/C23H26N4O/c1-3-4-10-22(28)26-20(18-8-6-5-7-9-18)15-21(27-23(26)24-16-25-27)19-13-11-17(2)12-14-19/h5-9,11-14,16,20-21H,3-4,10,15H2,1-2H3/t20-,21-/m1/s1. The summed E-state index contributed by atoms with van der Waals surface area (Å²) in [5.41, 5.74) is 3.56. The van der Waals surface area contributed by atoms with Crippen molar-refractivity contribution >= 4 is 11.9 Å². The molecule has 0 unspecified atom stereocenters. The molecule has 2 aromatic carbocycles. The van der Waals surface area contributed by atoms with Gasteiger partial charge in [-0.05, 0) is 30.9 Å². The first-order valence-corrected chi connectivity index (χ1v) is 10.0. The fourth-order valence-corrected chi connectivity index (χ4v) is 3.95. The Morgan fingerprint density at radius 3 is 2.46 bits per heavy atom. The molecule has 2 atom stereocenters. The van der Waals surface area contributed by atoms with Gasteiger partial charge in [-0.2, -0.15) is 10.1 Å². The molecule has 144 valence electrons. The lowest BCUT2D eigenvalue weighted by Crippen LogP contribution is -2.42. The highest BCUT2D eigenvalue weighted by atomic mass is 16.2. The molecule has 0 radical (unpaired) electrons. The van der Waals surface area contributed by atoms with E-state index in [1.807, 2.05) is 27.8 Å². The molecular weight excluding hydrogens is 348 g/mol. The molecule has 2 heterocycles. The zero-order chi connectivity index (χ0) is 19.5. The van der Waals surface area contributed by atoms with Crippen molar-refractivity contribution in [2.45, 2.75) is 51.6 Å². The zero-order valence-corrected chi connectivity index (χ0v) is 16.5. The van der Waals surface area contributed by atoms with Gasteiger partial charge in [0.05, 0.1) is 12.1 Å². The van der Waals surface area contributed by atoms with Crippen LogP contribution in [0.1, 0.15) is 61.4 Å². The molecule has 5 nitrogen and oxygen atoms in total. The second-order valence-electron chi connectivity index (χ2n) is 7.46. The zero-order valence-electron chi connectivity index (χ0n) is 16.5. The normalized spacial score (nSPS) is 18.7. The van der Waals surface area contributed by atoms with E-state index in [4.69, 9.17) is 0 Å². The van der Waals surface area contributed by atoms with Crippen molar-refractivity contribution in [2.24, 2.45) is 0 Å². The van der Waals surface area contributed by atoms with Gasteiger partial charge in [0, 0.05) is 6.42 Å². The smallest absolute Gasteiger partial charge is 0.231 e. The Bertz CT molecular complexity index is 933. The molecule has 0 saturated heterocycles. The van der Waals surface area contributed by atoms with Crippen LogP contribution < -0.4 is 4.90 Å². The van der Waals surface area contributed by atoms with Gasteiger partial charge in [-0.3, -0.25) is 9.69 Å². The van der Waals surface area contributed by atoms with Gasteiger partial charge >= 0.3 is 0 Å². The third kappa shape index (κ3) is 3.44. The lowest BCUT2D eigenvalue weighted by atomic mass is 9.91. The summed E-state index contributed by atoms with van der Waals surface area (Å²) < 4.78 is 1.91. The Morgan fingerprint density at radius 2 is 1.75 bits per heavy atom. The summed E-state index contributed by atoms with van der Waals surface area (Å²) in [4.78, 5) is 19.5. The summed E-state index contributed by atoms with van der Waals surface area (Å²) in [6, 6.07) is 18.8. The average Bonchev–Trinajstić information content (AvgIpc) is 3.22. The number of aromatic nitrogens is 3. The minimum atomic E-state index is -0.0476. The molecule has 1 aliphatic heterocycles. The maximum atomic E-state index is 13.1. The number of carbonyl (C=O) groups excluding carboxylic acids is 1. The SMILES string of the molecule is CCCCC(=O)N1c2ncnn2[C@@H](c2ccc(C)cc2)C[C@@H]1c1ccccc1. The number of fused-ring (bicyclic) bond motifs is 1. The van der Waals surface area contributed by atoms with E-state index in [9.17, 15) is 4.79 Å². The van der Waals surface area contributed by atoms with Crippen molar-refractivity contribution in [1.29, 1.82) is 0 Å². The lowest BCUT2D eigenvalue weighted by molar-refractivity contribution is -0.119. The van der Waals surface area contributed by atoms with E-state index in [2.05, 4.69) is 60.3 Å². The van der Waals surface area contributed by atoms with E-state index in [0.29, 0.717) is 12.4 Å². The Labute approximate surface area is 166 Å². The molecule has 4 rings (SSSR count). The lowest BCUT2D eigenvalue weighted by Gasteiger charge is -2.39. The highest BCUT2D eigenvalue weighted by Gasteiger charge is 2.38. The van der Waals surface area contributed by atoms with Crippen LogP contribution in [-0.2, 0) is 4.79 Å². The van der Waals surface area contributed by atoms with Crippen LogP contribution in [0.2, 0.25) is 0 Å². The van der Waals surface area contributed by atoms with Crippen LogP contribution >= 0.6 is 0 Å². The number of amides is 1. The largest absolute Gasteiger partial charge is 0.274 e. The molecule has 0 aliphatic carbocycles. The predicted molar refractivity (Wildman–Crippen MR) is 110 cm³/mol. The van der Waals surface area contributed by atoms with Gasteiger partial charge in [-0.25, -0.2) is 4.68 Å². The molecule has 0 saturated carbocycles. The van der Waals surface area contributed by atoms with Crippen molar-refractivity contribution in [2.75, 3.05) is 4.90 Å². The molecule has 0 N–H and O–H groups in total. The van der Waals surface area contributed by atoms with Gasteiger partial charge in [0.1, 0.15) is 6.33 Å². The molecule has 1 aliphatic rings. The number of carbonyl (C=O) groups is 1. The molecule has 0 fully saturated rings. The van der Waals surface area contributed by atoms with Crippen LogP contribution in [0.15, 0.2) is 60.9 Å². The van der Waals surface area contributed by atoms with Gasteiger partial charge in [-0.1, -0.05) is 73.5 Å². The van der Waals surface area contributed by atoms with Crippen molar-refractivity contribution in [3.63, 3.8) is 0 Å². The van der Waals surface area contributed by atoms with Crippen molar-refractivity contribution in [3.8, 4) is 0 Å². The van der Waals surface area contributed by atoms with Gasteiger partial charge in [-0.15, -0.1) is 0 Å². The molecule has 0 bridgehead atoms. The number of benzene rings is 2. The quantitative estimate of drug-likeness (QED) is 0.642. The van der Waals surface area contributed by atoms with Crippen LogP contribution in [0.3, 0.4) is 0 Å². The van der Waals surface area contributed by atoms with Crippen LogP contribution in [0.25, 0.3) is 0 Å². The molecule has 3 aromatic rings. The van der Waals surface area contributed by atoms with E-state index >= 15 is 0 Å². The summed E-state index contributed by atoms with van der Waals surface area (Å²) in [7, 11) is 0. The van der Waals surface area contributed by atoms with Crippen molar-refractivity contribution in [1.82, 2.24) is 14.8 Å². The van der Waals surface area contributed by atoms with Crippen LogP contribution in [0.5, 0.6) is 0 Å². The summed E-state index contributed by atoms with van der Waals surface area (Å²) in [5, 5.41) is 4.49. The van der Waals surface area contributed by atoms with Gasteiger partial charge < -0.3 is 0 Å². The van der Waals surface area contributed by atoms with E-state index in [1.54, 1.807) is 6.33 Å². The topological polar surface area (TPSA) is 51.0 Å². The van der Waals surface area contributed by atoms with E-state index < -0.39 is 0 Å². The summed E-state index contributed by atoms with van der Waals surface area (Å²) in [6.45, 7) is 4.19. The van der Waals surface area contributed by atoms with Crippen LogP contribution in [0.4, 0.5) is 5.95 Å². The second kappa shape index (κ2) is 7.97. The number of hydrogen-bond acceptors (Lipinski definition) is 3. The first-order valence-electron chi connectivity index (χ1n) is 10.0. The maximum absolute atomic E-state index is 13.1. The minimum absolute atomic E-state index is 0.0476. The molecule has 1 aromatic heterocycles. The summed E-state index contributed by atoms with van der Waals surface area (Å²) in [6.07, 6.45) is 4.74. The fourth-order valence-electron chi connectivity index (χ4n) is 3.95. The van der Waals surface area contributed by atoms with E-state index in [0.717, 1.165) is 24.8 Å². The summed E-state index contributed by atoms with van der Waals surface area (Å²) >= 11 is 0. The molecule has 0 spiro atoms. The number of nitrogens with zero attached hydrogens (tertiary/aromatic N) is 4. The molecule has 1 amide bonds. The molecular formula is C23H26N4O. The van der Waals surface area contributed by atoms with Gasteiger partial charge in [0.25, 0.3) is 0 Å². The second-order valence-corrected chi connectivity index (χ2v) is 7.46. The number of unbranched alkanes of at least 4 members (excludes halogenated alkanes) is 1. The Hall–Kier alpha value is -2.95. The Balaban J connectivity index is 1.78. The number of hydrogen-bond donors (Lipinski definition) is 0. The number of aryl methyl sites for hydroxylation is 1. The minimum Gasteiger partial charge on any atom is -0.274 e. The molecule has 5 heteroatoms. The number of rotatable bonds is 5. The van der Waals surface area contributed by atoms with Crippen LogP contribution in [-0.4, -0.2) is 20.7 Å². The highest BCUT2D eigenvalue weighted by Crippen LogP contribution is 2.42. The van der Waals surface area contributed by atoms with Crippen molar-refractivity contribution in [3.05, 3.63) is 77.6 Å². The van der Waals surface area contributed by atoms with E-state index in [-0.39, 0.29) is 18.0 Å². The Kier molecular flexibility index (Phi) is 5.24. The third-order valence-corrected chi connectivity index (χ3v) is 5.48. The van der Waals surface area contributed by atoms with Crippen LogP contribution in [0, 0.1) is 6.92 Å². The highest BCUT2D eigenvalue weighted by molar-refractivity contribution is 5.92. The third-order valence-electron chi connectivity index (χ3n) is 5.48. The van der Waals surface area contributed by atoms with Gasteiger partial charge in [0.15, 0.2) is 0 Å². The maximum Gasteiger partial charge on any atom is 0.231 e. The van der Waals surface area contributed by atoms with Gasteiger partial charge in [0.2, 0.25) is 11.9 Å². The average molecular weight is 374 g/mol. The first-order chi connectivity index (χ1) is 13.7. The Morgan fingerprint density at radius 1 is 1.04 bits per heavy atom. The molecule has 28 heavy (non-hydrogen) atoms. The summed E-state index contributed by atoms with van der Waals surface area (Å²) in [5.74, 6) is 0.763. The number of anilines is 1. The van der Waals surface area contributed by atoms with Crippen molar-refractivity contribution < 1.29 is 4.79 Å². The predicted octanol–water partition coefficient (Wildman–Crippen LogP) is 4.84. The first kappa shape index (κ1) is 18.4. The van der Waals surface area contributed by atoms with E-state index in [1.165, 1.54) is 11.1 Å². The monoisotopic (exact) mass is 374 g/mol.